The molecule has 8 heteroatoms. The maximum atomic E-state index is 12.6. The summed E-state index contributed by atoms with van der Waals surface area (Å²) in [5.74, 6) is -0.645. The highest BCUT2D eigenvalue weighted by Gasteiger charge is 2.22. The van der Waals surface area contributed by atoms with E-state index in [0.717, 1.165) is 11.5 Å². The third-order valence-corrected chi connectivity index (χ3v) is 4.22. The zero-order valence-electron chi connectivity index (χ0n) is 11.6. The fourth-order valence-electron chi connectivity index (χ4n) is 2.35. The van der Waals surface area contributed by atoms with Gasteiger partial charge in [0.1, 0.15) is 0 Å². The van der Waals surface area contributed by atoms with Crippen molar-refractivity contribution in [3.8, 4) is 0 Å². The Hall–Kier alpha value is -2.58. The minimum absolute atomic E-state index is 0.132. The lowest BCUT2D eigenvalue weighted by molar-refractivity contribution is 0.0930. The van der Waals surface area contributed by atoms with E-state index in [-0.39, 0.29) is 5.76 Å². The van der Waals surface area contributed by atoms with Gasteiger partial charge in [0.15, 0.2) is 5.76 Å². The van der Waals surface area contributed by atoms with Gasteiger partial charge < -0.3 is 10.2 Å². The quantitative estimate of drug-likeness (QED) is 0.740. The van der Waals surface area contributed by atoms with Crippen molar-refractivity contribution in [2.75, 3.05) is 5.73 Å². The largest absolute Gasteiger partial charge is 0.438 e. The first kappa shape index (κ1) is 14.4. The molecule has 114 valence electrons. The Morgan fingerprint density at radius 3 is 2.50 bits per heavy atom. The summed E-state index contributed by atoms with van der Waals surface area (Å²) in [5, 5.41) is 5.26. The second kappa shape index (κ2) is 4.72. The number of nitrogens with two attached hydrogens (primary N) is 2. The van der Waals surface area contributed by atoms with Gasteiger partial charge in [-0.2, -0.15) is 0 Å². The normalized spacial score (nSPS) is 11.9. The molecule has 0 fully saturated rings. The highest BCUT2D eigenvalue weighted by atomic mass is 32.2. The molecule has 0 atom stereocenters. The molecular formula is C14H13N3O4S. The second-order valence-electron chi connectivity index (χ2n) is 4.82. The summed E-state index contributed by atoms with van der Waals surface area (Å²) in [6, 6.07) is 9.57. The monoisotopic (exact) mass is 319 g/mol. The lowest BCUT2D eigenvalue weighted by atomic mass is 10.2. The third kappa shape index (κ3) is 2.09. The van der Waals surface area contributed by atoms with Crippen molar-refractivity contribution in [1.29, 1.82) is 0 Å². The zero-order chi connectivity index (χ0) is 16.1. The number of fused-ring (bicyclic) bond motifs is 1. The second-order valence-corrected chi connectivity index (χ2v) is 6.31. The first-order chi connectivity index (χ1) is 10.3. The number of rotatable bonds is 2. The smallest absolute Gasteiger partial charge is 0.298 e. The highest BCUT2D eigenvalue weighted by molar-refractivity contribution is 7.89. The number of para-hydroxylation sites is 1. The number of carbonyl (C=O) groups excluding carboxylic acids is 1. The third-order valence-electron chi connectivity index (χ3n) is 3.44. The average molecular weight is 319 g/mol. The van der Waals surface area contributed by atoms with Crippen LogP contribution >= 0.6 is 0 Å². The number of nitrogen functional groups attached to an aromatic ring is 1. The molecule has 0 saturated carbocycles. The Morgan fingerprint density at radius 1 is 1.18 bits per heavy atom. The van der Waals surface area contributed by atoms with Crippen LogP contribution in [0.1, 0.15) is 16.2 Å². The molecule has 0 bridgehead atoms. The Balaban J connectivity index is 2.18. The van der Waals surface area contributed by atoms with Crippen molar-refractivity contribution in [1.82, 2.24) is 4.57 Å². The summed E-state index contributed by atoms with van der Waals surface area (Å²) >= 11 is 0. The number of hydrogen-bond donors (Lipinski definition) is 2. The molecule has 0 amide bonds. The van der Waals surface area contributed by atoms with E-state index in [4.69, 9.17) is 15.3 Å². The Kier molecular flexibility index (Phi) is 3.08. The lowest BCUT2D eigenvalue weighted by Gasteiger charge is -2.04. The van der Waals surface area contributed by atoms with E-state index >= 15 is 0 Å². The van der Waals surface area contributed by atoms with Crippen molar-refractivity contribution in [2.24, 2.45) is 5.14 Å². The van der Waals surface area contributed by atoms with E-state index < -0.39 is 21.0 Å². The van der Waals surface area contributed by atoms with Crippen molar-refractivity contribution in [2.45, 2.75) is 12.0 Å². The van der Waals surface area contributed by atoms with Gasteiger partial charge in [-0.25, -0.2) is 13.6 Å². The molecule has 0 saturated heterocycles. The molecular weight excluding hydrogens is 306 g/mol. The molecule has 0 aliphatic rings. The van der Waals surface area contributed by atoms with Crippen LogP contribution in [-0.2, 0) is 10.0 Å². The van der Waals surface area contributed by atoms with E-state index in [1.807, 2.05) is 6.07 Å². The molecule has 0 aliphatic heterocycles. The van der Waals surface area contributed by atoms with Crippen LogP contribution in [0, 0.1) is 6.92 Å². The standard InChI is InChI=1S/C14H13N3O4S/c1-8-13(15)9-4-2-3-5-10(9)17(8)14(18)11-6-7-12(21-11)22(16,19)20/h2-7H,15H2,1H3,(H2,16,19,20). The fourth-order valence-corrected chi connectivity index (χ4v) is 2.82. The van der Waals surface area contributed by atoms with Crippen LogP contribution < -0.4 is 10.9 Å². The maximum absolute atomic E-state index is 12.6. The van der Waals surface area contributed by atoms with Crippen LogP contribution in [0.2, 0.25) is 0 Å². The number of furan rings is 1. The number of nitrogens with zero attached hydrogens (tertiary/aromatic N) is 1. The SMILES string of the molecule is Cc1c(N)c2ccccc2n1C(=O)c1ccc(S(N)(=O)=O)o1. The van der Waals surface area contributed by atoms with Crippen LogP contribution in [0.3, 0.4) is 0 Å². The number of carbonyl (C=O) groups is 1. The molecule has 22 heavy (non-hydrogen) atoms. The number of hydrogen-bond acceptors (Lipinski definition) is 5. The summed E-state index contributed by atoms with van der Waals surface area (Å²) in [6.45, 7) is 1.71. The van der Waals surface area contributed by atoms with Gasteiger partial charge in [-0.15, -0.1) is 0 Å². The van der Waals surface area contributed by atoms with Crippen LogP contribution in [0.25, 0.3) is 10.9 Å². The van der Waals surface area contributed by atoms with Gasteiger partial charge in [0.25, 0.3) is 15.9 Å². The van der Waals surface area contributed by atoms with Gasteiger partial charge in [0.2, 0.25) is 5.09 Å². The van der Waals surface area contributed by atoms with Crippen LogP contribution in [-0.4, -0.2) is 18.9 Å². The van der Waals surface area contributed by atoms with Gasteiger partial charge in [0.05, 0.1) is 11.2 Å². The van der Waals surface area contributed by atoms with Gasteiger partial charge in [-0.3, -0.25) is 9.36 Å². The topological polar surface area (TPSA) is 121 Å². The maximum Gasteiger partial charge on any atom is 0.298 e. The lowest BCUT2D eigenvalue weighted by Crippen LogP contribution is -2.14. The number of sulfonamides is 1. The first-order valence-corrected chi connectivity index (χ1v) is 7.88. The van der Waals surface area contributed by atoms with Crippen molar-refractivity contribution >= 4 is 32.5 Å². The molecule has 7 nitrogen and oxygen atoms in total. The Bertz CT molecular complexity index is 998. The van der Waals surface area contributed by atoms with E-state index in [9.17, 15) is 13.2 Å². The molecule has 2 heterocycles. The minimum atomic E-state index is -4.00. The van der Waals surface area contributed by atoms with Gasteiger partial charge in [0, 0.05) is 11.1 Å². The molecule has 3 aromatic rings. The molecule has 1 aromatic carbocycles. The van der Waals surface area contributed by atoms with E-state index in [2.05, 4.69) is 0 Å². The van der Waals surface area contributed by atoms with Gasteiger partial charge in [-0.1, -0.05) is 18.2 Å². The fraction of sp³-hybridized carbons (Fsp3) is 0.0714. The molecule has 0 radical (unpaired) electrons. The van der Waals surface area contributed by atoms with Gasteiger partial charge in [-0.05, 0) is 25.1 Å². The summed E-state index contributed by atoms with van der Waals surface area (Å²) in [4.78, 5) is 12.6. The number of aromatic nitrogens is 1. The summed E-state index contributed by atoms with van der Waals surface area (Å²) < 4.78 is 28.9. The molecule has 2 aromatic heterocycles. The van der Waals surface area contributed by atoms with Crippen LogP contribution in [0.5, 0.6) is 0 Å². The van der Waals surface area contributed by atoms with Crippen molar-refractivity contribution in [3.63, 3.8) is 0 Å². The van der Waals surface area contributed by atoms with Crippen molar-refractivity contribution < 1.29 is 17.6 Å². The average Bonchev–Trinajstić information content (AvgIpc) is 3.04. The summed E-state index contributed by atoms with van der Waals surface area (Å²) in [7, 11) is -4.00. The van der Waals surface area contributed by atoms with E-state index in [1.54, 1.807) is 25.1 Å². The molecule has 3 rings (SSSR count). The van der Waals surface area contributed by atoms with E-state index in [1.165, 1.54) is 10.6 Å². The molecule has 0 spiro atoms. The number of primary sulfonamides is 1. The number of anilines is 1. The summed E-state index contributed by atoms with van der Waals surface area (Å²) in [6.07, 6.45) is 0. The van der Waals surface area contributed by atoms with Crippen LogP contribution in [0.4, 0.5) is 5.69 Å². The first-order valence-electron chi connectivity index (χ1n) is 6.33. The van der Waals surface area contributed by atoms with Crippen LogP contribution in [0.15, 0.2) is 45.9 Å². The summed E-state index contributed by atoms with van der Waals surface area (Å²) in [5.41, 5.74) is 7.67. The Morgan fingerprint density at radius 2 is 1.86 bits per heavy atom. The van der Waals surface area contributed by atoms with E-state index in [0.29, 0.717) is 16.9 Å². The predicted molar refractivity (Wildman–Crippen MR) is 80.9 cm³/mol. The Labute approximate surface area is 126 Å². The predicted octanol–water partition coefficient (Wildman–Crippen LogP) is 1.46. The zero-order valence-corrected chi connectivity index (χ0v) is 12.4. The molecule has 0 aliphatic carbocycles. The van der Waals surface area contributed by atoms with Crippen molar-refractivity contribution in [3.05, 3.63) is 47.9 Å². The minimum Gasteiger partial charge on any atom is -0.438 e. The number of benzene rings is 1. The molecule has 0 unspecified atom stereocenters. The molecule has 4 N–H and O–H groups in total. The van der Waals surface area contributed by atoms with Gasteiger partial charge >= 0.3 is 0 Å². The highest BCUT2D eigenvalue weighted by Crippen LogP contribution is 2.29.